The Morgan fingerprint density at radius 3 is 2.12 bits per heavy atom. The van der Waals surface area contributed by atoms with Crippen molar-refractivity contribution in [1.29, 1.82) is 0 Å². The van der Waals surface area contributed by atoms with E-state index in [1.54, 1.807) is 24.5 Å². The van der Waals surface area contributed by atoms with Gasteiger partial charge in [0.15, 0.2) is 0 Å². The van der Waals surface area contributed by atoms with Gasteiger partial charge in [-0.15, -0.1) is 0 Å². The molecule has 0 bridgehead atoms. The number of nitrogens with two attached hydrogens (primary N) is 1. The maximum absolute atomic E-state index is 9.27. The zero-order valence-corrected chi connectivity index (χ0v) is 12.8. The monoisotopic (exact) mass is 313 g/mol. The lowest BCUT2D eigenvalue weighted by atomic mass is 10.1. The van der Waals surface area contributed by atoms with Gasteiger partial charge in [-0.3, -0.25) is 4.98 Å². The topological polar surface area (TPSA) is 72.0 Å². The van der Waals surface area contributed by atoms with E-state index in [0.29, 0.717) is 11.0 Å². The van der Waals surface area contributed by atoms with Gasteiger partial charge in [0.05, 0.1) is 5.52 Å². The molecule has 4 heteroatoms. The molecule has 0 unspecified atom stereocenters. The molecule has 2 aromatic carbocycles. The minimum Gasteiger partial charge on any atom is -0.506 e. The summed E-state index contributed by atoms with van der Waals surface area (Å²) in [5.74, 6) is 0.176. The average Bonchev–Trinajstić information content (AvgIpc) is 3.08. The highest BCUT2D eigenvalue weighted by molar-refractivity contribution is 6.07. The predicted molar refractivity (Wildman–Crippen MR) is 96.5 cm³/mol. The number of benzene rings is 3. The van der Waals surface area contributed by atoms with E-state index in [1.165, 1.54) is 22.3 Å². The van der Waals surface area contributed by atoms with Gasteiger partial charge in [-0.2, -0.15) is 0 Å². The SMILES string of the molecule is Nc1ccc(-c2c3cccc2-3)cc1.Oc1cccc2nccnc12. The van der Waals surface area contributed by atoms with Gasteiger partial charge in [0.2, 0.25) is 0 Å². The number of fused-ring (bicyclic) bond motifs is 2. The molecule has 0 atom stereocenters. The third kappa shape index (κ3) is 2.54. The van der Waals surface area contributed by atoms with Crippen LogP contribution in [0, 0.1) is 0 Å². The van der Waals surface area contributed by atoms with E-state index in [2.05, 4.69) is 40.3 Å². The van der Waals surface area contributed by atoms with E-state index < -0.39 is 0 Å². The lowest BCUT2D eigenvalue weighted by molar-refractivity contribution is 0.480. The van der Waals surface area contributed by atoms with Gasteiger partial charge in [-0.1, -0.05) is 36.4 Å². The quantitative estimate of drug-likeness (QED) is 0.454. The van der Waals surface area contributed by atoms with Gasteiger partial charge < -0.3 is 10.8 Å². The first-order valence-corrected chi connectivity index (χ1v) is 7.62. The van der Waals surface area contributed by atoms with Crippen molar-refractivity contribution >= 4 is 16.7 Å². The third-order valence-electron chi connectivity index (χ3n) is 3.97. The Balaban J connectivity index is 0.000000123. The van der Waals surface area contributed by atoms with Crippen molar-refractivity contribution < 1.29 is 5.11 Å². The molecule has 0 amide bonds. The van der Waals surface area contributed by atoms with Gasteiger partial charge in [0, 0.05) is 18.1 Å². The average molecular weight is 313 g/mol. The Morgan fingerprint density at radius 2 is 1.42 bits per heavy atom. The molecule has 3 N–H and O–H groups in total. The summed E-state index contributed by atoms with van der Waals surface area (Å²) in [4.78, 5) is 7.99. The molecule has 3 aromatic rings. The van der Waals surface area contributed by atoms with E-state index in [1.807, 2.05) is 18.2 Å². The van der Waals surface area contributed by atoms with Crippen LogP contribution in [0.15, 0.2) is 73.1 Å². The van der Waals surface area contributed by atoms with E-state index in [0.717, 1.165) is 5.69 Å². The molecule has 0 saturated heterocycles. The Kier molecular flexibility index (Phi) is 3.35. The van der Waals surface area contributed by atoms with E-state index in [9.17, 15) is 5.11 Å². The molecule has 1 aromatic heterocycles. The van der Waals surface area contributed by atoms with Crippen LogP contribution in [-0.2, 0) is 0 Å². The molecule has 5 rings (SSSR count). The smallest absolute Gasteiger partial charge is 0.143 e. The lowest BCUT2D eigenvalue weighted by Gasteiger charge is -1.95. The van der Waals surface area contributed by atoms with Crippen molar-refractivity contribution in [3.63, 3.8) is 0 Å². The van der Waals surface area contributed by atoms with Crippen LogP contribution in [0.2, 0.25) is 0 Å². The van der Waals surface area contributed by atoms with Crippen molar-refractivity contribution in [2.24, 2.45) is 0 Å². The standard InChI is InChI=1S/C12H9N.C8H6N2O/c13-9-6-4-8(5-7-9)12-10-2-1-3-11(10)12;11-7-3-1-2-6-8(7)10-5-4-9-6/h1-7H,13H2;1-5,11H. The Labute approximate surface area is 139 Å². The first-order valence-electron chi connectivity index (χ1n) is 7.62. The van der Waals surface area contributed by atoms with E-state index >= 15 is 0 Å². The third-order valence-corrected chi connectivity index (χ3v) is 3.97. The number of phenols is 1. The summed E-state index contributed by atoms with van der Waals surface area (Å²) in [6, 6.07) is 19.6. The number of nitrogens with zero attached hydrogens (tertiary/aromatic N) is 2. The fraction of sp³-hybridized carbons (Fsp3) is 0. The summed E-state index contributed by atoms with van der Waals surface area (Å²) in [5, 5.41) is 9.27. The van der Waals surface area contributed by atoms with Crippen molar-refractivity contribution in [1.82, 2.24) is 9.97 Å². The van der Waals surface area contributed by atoms with Crippen LogP contribution in [-0.4, -0.2) is 15.1 Å². The number of nitrogen functional groups attached to an aromatic ring is 1. The van der Waals surface area contributed by atoms with Crippen molar-refractivity contribution in [2.45, 2.75) is 0 Å². The van der Waals surface area contributed by atoms with Crippen molar-refractivity contribution in [2.75, 3.05) is 5.73 Å². The maximum Gasteiger partial charge on any atom is 0.143 e. The molecule has 24 heavy (non-hydrogen) atoms. The second-order valence-electron chi connectivity index (χ2n) is 5.55. The molecular weight excluding hydrogens is 298 g/mol. The normalized spacial score (nSPS) is 10.8. The Hall–Kier alpha value is -3.40. The molecule has 0 fully saturated rings. The van der Waals surface area contributed by atoms with Crippen molar-refractivity contribution in [3.05, 3.63) is 73.1 Å². The number of hydrogen-bond donors (Lipinski definition) is 2. The Bertz CT molecular complexity index is 1000. The van der Waals surface area contributed by atoms with Crippen LogP contribution in [0.4, 0.5) is 5.69 Å². The summed E-state index contributed by atoms with van der Waals surface area (Å²) in [5.41, 5.74) is 13.2. The highest BCUT2D eigenvalue weighted by Gasteiger charge is 2.23. The minimum atomic E-state index is 0.176. The molecule has 0 spiro atoms. The van der Waals surface area contributed by atoms with Gasteiger partial charge >= 0.3 is 0 Å². The summed E-state index contributed by atoms with van der Waals surface area (Å²) < 4.78 is 0. The minimum absolute atomic E-state index is 0.176. The largest absolute Gasteiger partial charge is 0.506 e. The van der Waals surface area contributed by atoms with Gasteiger partial charge in [0.1, 0.15) is 11.3 Å². The summed E-state index contributed by atoms with van der Waals surface area (Å²) in [7, 11) is 0. The molecule has 2 aliphatic carbocycles. The number of para-hydroxylation sites is 1. The number of rotatable bonds is 1. The van der Waals surface area contributed by atoms with Gasteiger partial charge in [-0.05, 0) is 46.5 Å². The first kappa shape index (κ1) is 14.2. The number of phenolic OH excluding ortho intramolecular Hbond substituents is 1. The molecule has 0 radical (unpaired) electrons. The number of aromatic nitrogens is 2. The van der Waals surface area contributed by atoms with Crippen LogP contribution in [0.3, 0.4) is 0 Å². The molecular formula is C20H15N3O. The second kappa shape index (κ2) is 5.66. The molecule has 2 aliphatic rings. The second-order valence-corrected chi connectivity index (χ2v) is 5.55. The van der Waals surface area contributed by atoms with E-state index in [-0.39, 0.29) is 5.75 Å². The summed E-state index contributed by atoms with van der Waals surface area (Å²) in [6.45, 7) is 0. The maximum atomic E-state index is 9.27. The van der Waals surface area contributed by atoms with Crippen LogP contribution in [0.25, 0.3) is 33.3 Å². The first-order chi connectivity index (χ1) is 11.7. The zero-order valence-electron chi connectivity index (χ0n) is 12.8. The van der Waals surface area contributed by atoms with Gasteiger partial charge in [0.25, 0.3) is 0 Å². The van der Waals surface area contributed by atoms with E-state index in [4.69, 9.17) is 5.73 Å². The fourth-order valence-corrected chi connectivity index (χ4v) is 2.74. The number of aromatic hydroxyl groups is 1. The van der Waals surface area contributed by atoms with Crippen molar-refractivity contribution in [3.8, 4) is 28.0 Å². The fourth-order valence-electron chi connectivity index (χ4n) is 2.74. The van der Waals surface area contributed by atoms with Crippen LogP contribution < -0.4 is 5.73 Å². The number of anilines is 1. The van der Waals surface area contributed by atoms with Crippen LogP contribution in [0.5, 0.6) is 5.75 Å². The van der Waals surface area contributed by atoms with Crippen LogP contribution in [0.1, 0.15) is 0 Å². The summed E-state index contributed by atoms with van der Waals surface area (Å²) in [6.07, 6.45) is 3.16. The zero-order chi connectivity index (χ0) is 16.5. The molecule has 116 valence electrons. The summed E-state index contributed by atoms with van der Waals surface area (Å²) >= 11 is 0. The molecule has 0 saturated carbocycles. The molecule has 0 aliphatic heterocycles. The number of hydrogen-bond acceptors (Lipinski definition) is 4. The highest BCUT2D eigenvalue weighted by Crippen LogP contribution is 2.50. The van der Waals surface area contributed by atoms with Crippen LogP contribution >= 0.6 is 0 Å². The predicted octanol–water partition coefficient (Wildman–Crippen LogP) is 4.25. The molecule has 1 heterocycles. The van der Waals surface area contributed by atoms with Gasteiger partial charge in [-0.25, -0.2) is 4.98 Å². The lowest BCUT2D eigenvalue weighted by Crippen LogP contribution is -1.81. The Morgan fingerprint density at radius 1 is 0.750 bits per heavy atom. The molecule has 4 nitrogen and oxygen atoms in total. The highest BCUT2D eigenvalue weighted by atomic mass is 16.3.